The number of piperidine rings is 1. The first kappa shape index (κ1) is 11.2. The summed E-state index contributed by atoms with van der Waals surface area (Å²) in [4.78, 5) is 6.45. The number of aromatic nitrogens is 1. The summed E-state index contributed by atoms with van der Waals surface area (Å²) in [6, 6.07) is 3.89. The predicted octanol–water partition coefficient (Wildman–Crippen LogP) is 1.42. The van der Waals surface area contributed by atoms with E-state index in [1.54, 1.807) is 6.20 Å². The summed E-state index contributed by atoms with van der Waals surface area (Å²) in [5.41, 5.74) is 6.73. The Hall–Kier alpha value is -1.29. The topological polar surface area (TPSA) is 54.2 Å². The Morgan fingerprint density at radius 1 is 1.62 bits per heavy atom. The first-order valence-electron chi connectivity index (χ1n) is 5.88. The molecule has 1 aliphatic rings. The third-order valence-electron chi connectivity index (χ3n) is 3.14. The van der Waals surface area contributed by atoms with E-state index in [9.17, 15) is 0 Å². The smallest absolute Gasteiger partial charge is 0.146 e. The summed E-state index contributed by atoms with van der Waals surface area (Å²) in [6.45, 7) is 3.39. The van der Waals surface area contributed by atoms with Crippen LogP contribution >= 0.6 is 0 Å². The summed E-state index contributed by atoms with van der Waals surface area (Å²) in [6.07, 6.45) is 4.32. The van der Waals surface area contributed by atoms with Crippen LogP contribution in [0.1, 0.15) is 12.8 Å². The van der Waals surface area contributed by atoms with Crippen LogP contribution in [0.15, 0.2) is 18.3 Å². The zero-order chi connectivity index (χ0) is 11.4. The zero-order valence-electron chi connectivity index (χ0n) is 9.82. The molecule has 1 aromatic rings. The molecule has 1 fully saturated rings. The van der Waals surface area contributed by atoms with Crippen molar-refractivity contribution in [1.82, 2.24) is 9.88 Å². The second kappa shape index (κ2) is 5.16. The van der Waals surface area contributed by atoms with E-state index >= 15 is 0 Å². The number of nitrogen functional groups attached to an aromatic ring is 1. The van der Waals surface area contributed by atoms with Crippen LogP contribution in [0.25, 0.3) is 0 Å². The van der Waals surface area contributed by atoms with E-state index in [0.717, 1.165) is 18.2 Å². The van der Waals surface area contributed by atoms with Crippen LogP contribution in [0.4, 0.5) is 11.5 Å². The third-order valence-corrected chi connectivity index (χ3v) is 3.14. The van der Waals surface area contributed by atoms with Gasteiger partial charge in [0.25, 0.3) is 0 Å². The molecule has 2 heterocycles. The van der Waals surface area contributed by atoms with E-state index in [-0.39, 0.29) is 0 Å². The highest BCUT2D eigenvalue weighted by atomic mass is 15.1. The first-order chi connectivity index (χ1) is 7.75. The summed E-state index contributed by atoms with van der Waals surface area (Å²) < 4.78 is 0. The number of nitrogens with one attached hydrogen (secondary N) is 1. The number of hydrogen-bond donors (Lipinski definition) is 2. The Morgan fingerprint density at radius 2 is 2.50 bits per heavy atom. The average Bonchev–Trinajstić information content (AvgIpc) is 2.28. The van der Waals surface area contributed by atoms with Gasteiger partial charge in [0.05, 0.1) is 5.69 Å². The van der Waals surface area contributed by atoms with E-state index in [1.165, 1.54) is 25.9 Å². The van der Waals surface area contributed by atoms with Gasteiger partial charge >= 0.3 is 0 Å². The minimum atomic E-state index is 0.590. The van der Waals surface area contributed by atoms with Crippen LogP contribution in [0.5, 0.6) is 0 Å². The molecule has 16 heavy (non-hydrogen) atoms. The molecule has 3 N–H and O–H groups in total. The summed E-state index contributed by atoms with van der Waals surface area (Å²) in [5.74, 6) is 1.31. The summed E-state index contributed by atoms with van der Waals surface area (Å²) in [5, 5.41) is 3.39. The van der Waals surface area contributed by atoms with Gasteiger partial charge in [-0.05, 0) is 44.5 Å². The molecule has 2 rings (SSSR count). The van der Waals surface area contributed by atoms with Crippen molar-refractivity contribution >= 4 is 11.5 Å². The lowest BCUT2D eigenvalue weighted by atomic mass is 9.98. The molecule has 0 aromatic carbocycles. The van der Waals surface area contributed by atoms with Crippen molar-refractivity contribution in [1.29, 1.82) is 0 Å². The van der Waals surface area contributed by atoms with Crippen LogP contribution in [0.2, 0.25) is 0 Å². The largest absolute Gasteiger partial charge is 0.382 e. The Labute approximate surface area is 96.8 Å². The van der Waals surface area contributed by atoms with Crippen LogP contribution in [0, 0.1) is 5.92 Å². The fourth-order valence-electron chi connectivity index (χ4n) is 2.26. The minimum Gasteiger partial charge on any atom is -0.382 e. The van der Waals surface area contributed by atoms with Gasteiger partial charge in [0.15, 0.2) is 0 Å². The third kappa shape index (κ3) is 2.85. The molecule has 88 valence electrons. The maximum atomic E-state index is 5.78. The van der Waals surface area contributed by atoms with E-state index in [4.69, 9.17) is 5.73 Å². The number of rotatable bonds is 3. The molecule has 1 unspecified atom stereocenters. The first-order valence-corrected chi connectivity index (χ1v) is 5.88. The summed E-state index contributed by atoms with van der Waals surface area (Å²) in [7, 11) is 2.19. The van der Waals surface area contributed by atoms with Gasteiger partial charge in [0.2, 0.25) is 0 Å². The molecule has 0 radical (unpaired) electrons. The number of nitrogens with two attached hydrogens (primary N) is 1. The van der Waals surface area contributed by atoms with Gasteiger partial charge in [-0.1, -0.05) is 0 Å². The number of hydrogen-bond acceptors (Lipinski definition) is 4. The average molecular weight is 220 g/mol. The van der Waals surface area contributed by atoms with Crippen LogP contribution in [-0.4, -0.2) is 36.6 Å². The molecular formula is C12H20N4. The predicted molar refractivity (Wildman–Crippen MR) is 67.4 cm³/mol. The van der Waals surface area contributed by atoms with Gasteiger partial charge < -0.3 is 16.0 Å². The monoisotopic (exact) mass is 220 g/mol. The van der Waals surface area contributed by atoms with Crippen molar-refractivity contribution in [2.45, 2.75) is 12.8 Å². The van der Waals surface area contributed by atoms with Gasteiger partial charge in [0, 0.05) is 19.3 Å². The number of pyridine rings is 1. The van der Waals surface area contributed by atoms with Gasteiger partial charge in [-0.3, -0.25) is 0 Å². The maximum absolute atomic E-state index is 5.78. The lowest BCUT2D eigenvalue weighted by Crippen LogP contribution is -2.35. The Balaban J connectivity index is 1.85. The van der Waals surface area contributed by atoms with Crippen molar-refractivity contribution in [3.8, 4) is 0 Å². The second-order valence-electron chi connectivity index (χ2n) is 4.59. The van der Waals surface area contributed by atoms with E-state index in [1.807, 2.05) is 12.1 Å². The number of likely N-dealkylation sites (tertiary alicyclic amines) is 1. The van der Waals surface area contributed by atoms with Gasteiger partial charge in [-0.15, -0.1) is 0 Å². The Bertz CT molecular complexity index is 340. The van der Waals surface area contributed by atoms with Crippen LogP contribution in [-0.2, 0) is 0 Å². The van der Waals surface area contributed by atoms with Gasteiger partial charge in [0.1, 0.15) is 5.82 Å². The molecule has 0 spiro atoms. The van der Waals surface area contributed by atoms with Crippen LogP contribution < -0.4 is 11.1 Å². The molecule has 4 heteroatoms. The van der Waals surface area contributed by atoms with Crippen molar-refractivity contribution in [3.05, 3.63) is 18.3 Å². The fourth-order valence-corrected chi connectivity index (χ4v) is 2.26. The van der Waals surface area contributed by atoms with Crippen molar-refractivity contribution < 1.29 is 0 Å². The van der Waals surface area contributed by atoms with Gasteiger partial charge in [-0.25, -0.2) is 4.98 Å². The van der Waals surface area contributed by atoms with Gasteiger partial charge in [-0.2, -0.15) is 0 Å². The molecule has 4 nitrogen and oxygen atoms in total. The maximum Gasteiger partial charge on any atom is 0.146 e. The number of nitrogens with zero attached hydrogens (tertiary/aromatic N) is 2. The quantitative estimate of drug-likeness (QED) is 0.809. The molecule has 0 amide bonds. The fraction of sp³-hybridized carbons (Fsp3) is 0.583. The molecule has 0 bridgehead atoms. The van der Waals surface area contributed by atoms with E-state index in [0.29, 0.717) is 5.82 Å². The Morgan fingerprint density at radius 3 is 3.25 bits per heavy atom. The lowest BCUT2D eigenvalue weighted by molar-refractivity contribution is 0.217. The highest BCUT2D eigenvalue weighted by Gasteiger charge is 2.16. The van der Waals surface area contributed by atoms with E-state index in [2.05, 4.69) is 22.2 Å². The Kier molecular flexibility index (Phi) is 3.62. The normalized spacial score (nSPS) is 21.9. The number of anilines is 2. The SMILES string of the molecule is CN1CCCC(CNc2cccnc2N)C1. The highest BCUT2D eigenvalue weighted by Crippen LogP contribution is 2.18. The summed E-state index contributed by atoms with van der Waals surface area (Å²) >= 11 is 0. The molecule has 1 atom stereocenters. The zero-order valence-corrected chi connectivity index (χ0v) is 9.82. The minimum absolute atomic E-state index is 0.590. The second-order valence-corrected chi connectivity index (χ2v) is 4.59. The lowest BCUT2D eigenvalue weighted by Gasteiger charge is -2.30. The van der Waals surface area contributed by atoms with Crippen LogP contribution in [0.3, 0.4) is 0 Å². The molecule has 0 saturated carbocycles. The van der Waals surface area contributed by atoms with Crippen molar-refractivity contribution in [2.24, 2.45) is 5.92 Å². The molecule has 1 aromatic heterocycles. The molecular weight excluding hydrogens is 200 g/mol. The molecule has 1 aliphatic heterocycles. The highest BCUT2D eigenvalue weighted by molar-refractivity contribution is 5.60. The molecule has 1 saturated heterocycles. The van der Waals surface area contributed by atoms with Crippen molar-refractivity contribution in [2.75, 3.05) is 37.7 Å². The van der Waals surface area contributed by atoms with Crippen molar-refractivity contribution in [3.63, 3.8) is 0 Å². The molecule has 0 aliphatic carbocycles. The standard InChI is InChI=1S/C12H20N4/c1-16-7-3-4-10(9-16)8-15-11-5-2-6-14-12(11)13/h2,5-6,10,15H,3-4,7-9H2,1H3,(H2,13,14). The van der Waals surface area contributed by atoms with E-state index < -0.39 is 0 Å².